The topological polar surface area (TPSA) is 97.5 Å². The first-order valence-electron chi connectivity index (χ1n) is 11.2. The average molecular weight is 479 g/mol. The zero-order chi connectivity index (χ0) is 24.5. The number of fused-ring (bicyclic) bond motifs is 1. The lowest BCUT2D eigenvalue weighted by Gasteiger charge is -2.01. The van der Waals surface area contributed by atoms with Gasteiger partial charge in [-0.25, -0.2) is 23.7 Å². The molecule has 176 valence electrons. The number of hydrogen-bond acceptors (Lipinski definition) is 4. The lowest BCUT2D eigenvalue weighted by Crippen LogP contribution is -2.03. The summed E-state index contributed by atoms with van der Waals surface area (Å²) < 4.78 is 28.3. The van der Waals surface area contributed by atoms with Crippen molar-refractivity contribution in [1.29, 1.82) is 0 Å². The highest BCUT2D eigenvalue weighted by Crippen LogP contribution is 2.28. The summed E-state index contributed by atoms with van der Waals surface area (Å²) in [4.78, 5) is 22.8. The Hall–Kier alpha value is -5.05. The minimum Gasteiger partial charge on any atom is -0.366 e. The number of aromatic nitrogens is 5. The number of anilines is 2. The molecule has 0 aliphatic rings. The van der Waals surface area contributed by atoms with E-state index in [0.29, 0.717) is 45.2 Å². The van der Waals surface area contributed by atoms with Crippen LogP contribution in [0.1, 0.15) is 0 Å². The number of nitrogens with zero attached hydrogens (tertiary/aromatic N) is 3. The predicted octanol–water partition coefficient (Wildman–Crippen LogP) is 6.20. The quantitative estimate of drug-likeness (QED) is 0.237. The fraction of sp³-hybridized carbons (Fsp3) is 0. The van der Waals surface area contributed by atoms with Gasteiger partial charge in [0.25, 0.3) is 0 Å². The Morgan fingerprint density at radius 1 is 0.722 bits per heavy atom. The number of H-pyrrole nitrogens is 3. The van der Waals surface area contributed by atoms with E-state index in [9.17, 15) is 8.78 Å². The molecular formula is C27H19F2N7. The minimum absolute atomic E-state index is 0.293. The lowest BCUT2D eigenvalue weighted by molar-refractivity contribution is 0.631. The van der Waals surface area contributed by atoms with Crippen LogP contribution in [0.15, 0.2) is 96.8 Å². The summed E-state index contributed by atoms with van der Waals surface area (Å²) in [5, 5.41) is 4.74. The van der Waals surface area contributed by atoms with Crippen LogP contribution in [-0.4, -0.2) is 24.9 Å². The van der Waals surface area contributed by atoms with Gasteiger partial charge in [-0.05, 0) is 24.3 Å². The molecule has 0 spiro atoms. The molecule has 4 N–H and O–H groups in total. The van der Waals surface area contributed by atoms with Crippen molar-refractivity contribution in [3.63, 3.8) is 0 Å². The summed E-state index contributed by atoms with van der Waals surface area (Å²) >= 11 is 0. The van der Waals surface area contributed by atoms with E-state index >= 15 is 0 Å². The molecule has 0 amide bonds. The monoisotopic (exact) mass is 479 g/mol. The van der Waals surface area contributed by atoms with E-state index in [4.69, 9.17) is 0 Å². The average Bonchev–Trinajstić information content (AvgIpc) is 3.63. The molecule has 36 heavy (non-hydrogen) atoms. The van der Waals surface area contributed by atoms with Crippen LogP contribution in [0.3, 0.4) is 0 Å². The third-order valence-electron chi connectivity index (χ3n) is 5.81. The van der Waals surface area contributed by atoms with E-state index in [0.717, 1.165) is 10.8 Å². The van der Waals surface area contributed by atoms with Crippen molar-refractivity contribution < 1.29 is 8.78 Å². The molecule has 0 fully saturated rings. The molecule has 9 heteroatoms. The number of aromatic amines is 3. The molecule has 4 aromatic heterocycles. The Balaban J connectivity index is 1.35. The van der Waals surface area contributed by atoms with Gasteiger partial charge in [-0.1, -0.05) is 36.4 Å². The van der Waals surface area contributed by atoms with E-state index in [2.05, 4.69) is 35.2 Å². The largest absolute Gasteiger partial charge is 0.366 e. The smallest absolute Gasteiger partial charge is 0.165 e. The van der Waals surface area contributed by atoms with Crippen LogP contribution >= 0.6 is 0 Å². The molecular weight excluding hydrogens is 460 g/mol. The Labute approximate surface area is 203 Å². The highest BCUT2D eigenvalue weighted by Gasteiger charge is 2.11. The van der Waals surface area contributed by atoms with Gasteiger partial charge in [-0.3, -0.25) is 0 Å². The summed E-state index contributed by atoms with van der Waals surface area (Å²) in [5.74, 6) is 1.12. The predicted molar refractivity (Wildman–Crippen MR) is 135 cm³/mol. The summed E-state index contributed by atoms with van der Waals surface area (Å²) in [6.45, 7) is 0. The zero-order valence-electron chi connectivity index (χ0n) is 18.8. The van der Waals surface area contributed by atoms with Gasteiger partial charge < -0.3 is 20.3 Å². The zero-order valence-corrected chi connectivity index (χ0v) is 18.8. The first-order chi connectivity index (χ1) is 17.7. The highest BCUT2D eigenvalue weighted by atomic mass is 19.1. The molecule has 7 nitrogen and oxygen atoms in total. The van der Waals surface area contributed by atoms with Crippen molar-refractivity contribution in [2.75, 3.05) is 5.32 Å². The van der Waals surface area contributed by atoms with Crippen molar-refractivity contribution in [3.05, 3.63) is 109 Å². The standard InChI is InChI=1S/C27H19F2N7/c28-22-7-3-1-5-18(22)16-9-24(31-11-16)35-26-20-13-30-14-21(20)27(34-15-33-26)36-25-10-17(12-32-25)19-6-2-4-8-23(19)29/h1-15,30-32H,(H,33,34,35,36). The van der Waals surface area contributed by atoms with Crippen LogP contribution in [-0.2, 0) is 0 Å². The van der Waals surface area contributed by atoms with Crippen LogP contribution in [0, 0.1) is 11.6 Å². The molecule has 0 bridgehead atoms. The van der Waals surface area contributed by atoms with Crippen LogP contribution < -0.4 is 10.8 Å². The van der Waals surface area contributed by atoms with Crippen molar-refractivity contribution in [2.24, 2.45) is 4.99 Å². The van der Waals surface area contributed by atoms with Gasteiger partial charge in [0.2, 0.25) is 0 Å². The molecule has 0 atom stereocenters. The number of benzene rings is 2. The van der Waals surface area contributed by atoms with Crippen LogP contribution in [0.4, 0.5) is 26.2 Å². The van der Waals surface area contributed by atoms with Gasteiger partial charge in [0.05, 0.1) is 0 Å². The van der Waals surface area contributed by atoms with Crippen molar-refractivity contribution in [3.8, 4) is 22.3 Å². The third-order valence-corrected chi connectivity index (χ3v) is 5.81. The van der Waals surface area contributed by atoms with Gasteiger partial charge >= 0.3 is 0 Å². The molecule has 0 aliphatic heterocycles. The highest BCUT2D eigenvalue weighted by molar-refractivity contribution is 5.91. The third kappa shape index (κ3) is 4.03. The van der Waals surface area contributed by atoms with Gasteiger partial charge in [-0.15, -0.1) is 0 Å². The summed E-state index contributed by atoms with van der Waals surface area (Å²) in [6.07, 6.45) is 8.44. The molecule has 0 saturated heterocycles. The Morgan fingerprint density at radius 2 is 1.39 bits per heavy atom. The summed E-state index contributed by atoms with van der Waals surface area (Å²) in [6, 6.07) is 16.8. The summed E-state index contributed by atoms with van der Waals surface area (Å²) in [7, 11) is 0. The minimum atomic E-state index is -0.303. The van der Waals surface area contributed by atoms with Crippen molar-refractivity contribution in [2.45, 2.75) is 0 Å². The van der Waals surface area contributed by atoms with E-state index < -0.39 is 0 Å². The van der Waals surface area contributed by atoms with Crippen molar-refractivity contribution in [1.82, 2.24) is 24.9 Å². The number of hydrogen-bond donors (Lipinski definition) is 4. The first kappa shape index (κ1) is 21.5. The normalized spacial score (nSPS) is 11.8. The maximum atomic E-state index is 14.2. The molecule has 0 saturated carbocycles. The second-order valence-electron chi connectivity index (χ2n) is 8.10. The lowest BCUT2D eigenvalue weighted by atomic mass is 10.1. The van der Waals surface area contributed by atoms with E-state index in [1.165, 1.54) is 18.5 Å². The second kappa shape index (κ2) is 8.95. The molecule has 0 aliphatic carbocycles. The number of rotatable bonds is 5. The maximum absolute atomic E-state index is 14.2. The molecule has 2 aromatic carbocycles. The maximum Gasteiger partial charge on any atom is 0.165 e. The van der Waals surface area contributed by atoms with Crippen LogP contribution in [0.5, 0.6) is 0 Å². The second-order valence-corrected chi connectivity index (χ2v) is 8.10. The fourth-order valence-electron chi connectivity index (χ4n) is 4.07. The molecule has 6 aromatic rings. The van der Waals surface area contributed by atoms with Crippen LogP contribution in [0.2, 0.25) is 0 Å². The SMILES string of the molecule is Fc1ccccc1-c1c[nH]c(/N=c2\ncnc(Nc3cc(-c4ccccc4F)c[nH]3)c3c[nH]cc23)c1. The Morgan fingerprint density at radius 3 is 2.14 bits per heavy atom. The van der Waals surface area contributed by atoms with E-state index in [1.54, 1.807) is 67.3 Å². The Kier molecular flexibility index (Phi) is 5.34. The molecule has 6 rings (SSSR count). The Bertz CT molecular complexity index is 1760. The van der Waals surface area contributed by atoms with Gasteiger partial charge in [0.1, 0.15) is 35.4 Å². The molecule has 0 radical (unpaired) electrons. The van der Waals surface area contributed by atoms with Gasteiger partial charge in [0.15, 0.2) is 5.49 Å². The van der Waals surface area contributed by atoms with Gasteiger partial charge in [-0.2, -0.15) is 0 Å². The van der Waals surface area contributed by atoms with Crippen LogP contribution in [0.25, 0.3) is 33.0 Å². The number of nitrogens with one attached hydrogen (secondary N) is 4. The molecule has 0 unspecified atom stereocenters. The van der Waals surface area contributed by atoms with Crippen molar-refractivity contribution >= 4 is 28.2 Å². The van der Waals surface area contributed by atoms with E-state index in [1.807, 2.05) is 6.07 Å². The number of halogens is 2. The first-order valence-corrected chi connectivity index (χ1v) is 11.2. The molecule has 4 heterocycles. The summed E-state index contributed by atoms with van der Waals surface area (Å²) in [5.41, 5.74) is 2.83. The fourth-order valence-corrected chi connectivity index (χ4v) is 4.07. The van der Waals surface area contributed by atoms with Gasteiger partial charge in [0, 0.05) is 57.8 Å². The van der Waals surface area contributed by atoms with E-state index in [-0.39, 0.29) is 11.6 Å².